The fourth-order valence-electron chi connectivity index (χ4n) is 2.75. The minimum atomic E-state index is -0.144. The molecule has 1 aliphatic rings. The van der Waals surface area contributed by atoms with E-state index >= 15 is 0 Å². The Morgan fingerprint density at radius 2 is 2.15 bits per heavy atom. The standard InChI is InChI=1S/C20H25N3O3/c1-23(13-11-16-5-2-3-12-21-16)20(24)22-17-7-9-18(10-8-17)26-15-19-6-4-14-25-19/h2-3,5,7-10,12,19H,4,6,11,13-15H2,1H3,(H,22,24)/t19-/m0/s1. The molecule has 1 aromatic carbocycles. The first-order valence-electron chi connectivity index (χ1n) is 8.97. The fraction of sp³-hybridized carbons (Fsp3) is 0.400. The molecular weight excluding hydrogens is 330 g/mol. The fourth-order valence-corrected chi connectivity index (χ4v) is 2.75. The van der Waals surface area contributed by atoms with E-state index in [9.17, 15) is 4.79 Å². The lowest BCUT2D eigenvalue weighted by molar-refractivity contribution is 0.0679. The number of nitrogens with zero attached hydrogens (tertiary/aromatic N) is 2. The van der Waals surface area contributed by atoms with Gasteiger partial charge in [0.1, 0.15) is 12.4 Å². The van der Waals surface area contributed by atoms with Crippen LogP contribution in [0, 0.1) is 0 Å². The van der Waals surface area contributed by atoms with Crippen LogP contribution in [-0.4, -0.2) is 48.8 Å². The number of benzene rings is 1. The number of hydrogen-bond donors (Lipinski definition) is 1. The van der Waals surface area contributed by atoms with Crippen molar-refractivity contribution in [1.82, 2.24) is 9.88 Å². The number of nitrogens with one attached hydrogen (secondary N) is 1. The molecule has 1 N–H and O–H groups in total. The first kappa shape index (κ1) is 18.2. The maximum absolute atomic E-state index is 12.3. The summed E-state index contributed by atoms with van der Waals surface area (Å²) in [4.78, 5) is 18.2. The van der Waals surface area contributed by atoms with Crippen LogP contribution in [0.1, 0.15) is 18.5 Å². The van der Waals surface area contributed by atoms with Crippen molar-refractivity contribution in [2.45, 2.75) is 25.4 Å². The van der Waals surface area contributed by atoms with E-state index < -0.39 is 0 Å². The van der Waals surface area contributed by atoms with Gasteiger partial charge in [0.25, 0.3) is 0 Å². The number of amides is 2. The van der Waals surface area contributed by atoms with Gasteiger partial charge in [0.2, 0.25) is 0 Å². The van der Waals surface area contributed by atoms with Crippen molar-refractivity contribution < 1.29 is 14.3 Å². The maximum Gasteiger partial charge on any atom is 0.321 e. The lowest BCUT2D eigenvalue weighted by Crippen LogP contribution is -2.33. The zero-order chi connectivity index (χ0) is 18.2. The van der Waals surface area contributed by atoms with E-state index in [1.54, 1.807) is 18.1 Å². The number of rotatable bonds is 7. The number of hydrogen-bond acceptors (Lipinski definition) is 4. The van der Waals surface area contributed by atoms with Crippen molar-refractivity contribution in [1.29, 1.82) is 0 Å². The number of carbonyl (C=O) groups excluding carboxylic acids is 1. The molecule has 0 saturated carbocycles. The van der Waals surface area contributed by atoms with Crippen LogP contribution < -0.4 is 10.1 Å². The Morgan fingerprint density at radius 1 is 1.31 bits per heavy atom. The molecule has 0 unspecified atom stereocenters. The van der Waals surface area contributed by atoms with Gasteiger partial charge < -0.3 is 19.7 Å². The molecule has 0 radical (unpaired) electrons. The molecule has 0 aliphatic carbocycles. The molecule has 2 amide bonds. The molecule has 26 heavy (non-hydrogen) atoms. The highest BCUT2D eigenvalue weighted by Crippen LogP contribution is 2.18. The Bertz CT molecular complexity index is 685. The second-order valence-electron chi connectivity index (χ2n) is 6.39. The van der Waals surface area contributed by atoms with Crippen LogP contribution in [0.4, 0.5) is 10.5 Å². The van der Waals surface area contributed by atoms with Crippen molar-refractivity contribution in [3.05, 3.63) is 54.4 Å². The van der Waals surface area contributed by atoms with E-state index in [2.05, 4.69) is 10.3 Å². The number of anilines is 1. The molecular formula is C20H25N3O3. The summed E-state index contributed by atoms with van der Waals surface area (Å²) in [6.45, 7) is 2.00. The average Bonchev–Trinajstić information content (AvgIpc) is 3.20. The number of likely N-dealkylation sites (N-methyl/N-ethyl adjacent to an activating group) is 1. The number of urea groups is 1. The highest BCUT2D eigenvalue weighted by atomic mass is 16.5. The number of pyridine rings is 1. The van der Waals surface area contributed by atoms with E-state index in [1.165, 1.54) is 0 Å². The summed E-state index contributed by atoms with van der Waals surface area (Å²) in [5.74, 6) is 0.780. The Labute approximate surface area is 154 Å². The second kappa shape index (κ2) is 9.20. The van der Waals surface area contributed by atoms with E-state index in [1.807, 2.05) is 42.5 Å². The molecule has 138 valence electrons. The summed E-state index contributed by atoms with van der Waals surface area (Å²) in [7, 11) is 1.78. The smallest absolute Gasteiger partial charge is 0.321 e. The molecule has 1 fully saturated rings. The van der Waals surface area contributed by atoms with Crippen molar-refractivity contribution in [2.75, 3.05) is 32.1 Å². The first-order chi connectivity index (χ1) is 12.7. The van der Waals surface area contributed by atoms with Crippen LogP contribution >= 0.6 is 0 Å². The molecule has 3 rings (SSSR count). The third-order valence-electron chi connectivity index (χ3n) is 4.34. The molecule has 0 bridgehead atoms. The van der Waals surface area contributed by atoms with Gasteiger partial charge in [-0.15, -0.1) is 0 Å². The molecule has 2 aromatic rings. The summed E-state index contributed by atoms with van der Waals surface area (Å²) < 4.78 is 11.3. The normalized spacial score (nSPS) is 16.3. The van der Waals surface area contributed by atoms with Gasteiger partial charge in [-0.25, -0.2) is 4.79 Å². The third kappa shape index (κ3) is 5.46. The Hall–Kier alpha value is -2.60. The van der Waals surface area contributed by atoms with Crippen LogP contribution in [0.2, 0.25) is 0 Å². The zero-order valence-electron chi connectivity index (χ0n) is 15.1. The van der Waals surface area contributed by atoms with Crippen LogP contribution in [0.5, 0.6) is 5.75 Å². The third-order valence-corrected chi connectivity index (χ3v) is 4.34. The van der Waals surface area contributed by atoms with Gasteiger partial charge >= 0.3 is 6.03 Å². The van der Waals surface area contributed by atoms with E-state index in [-0.39, 0.29) is 12.1 Å². The minimum absolute atomic E-state index is 0.144. The highest BCUT2D eigenvalue weighted by molar-refractivity contribution is 5.89. The molecule has 0 spiro atoms. The summed E-state index contributed by atoms with van der Waals surface area (Å²) in [5.41, 5.74) is 1.71. The van der Waals surface area contributed by atoms with Crippen LogP contribution in [0.25, 0.3) is 0 Å². The van der Waals surface area contributed by atoms with Crippen LogP contribution in [0.3, 0.4) is 0 Å². The number of ether oxygens (including phenoxy) is 2. The van der Waals surface area contributed by atoms with E-state index in [4.69, 9.17) is 9.47 Å². The van der Waals surface area contributed by atoms with Crippen LogP contribution in [-0.2, 0) is 11.2 Å². The van der Waals surface area contributed by atoms with Gasteiger partial charge in [-0.1, -0.05) is 6.07 Å². The maximum atomic E-state index is 12.3. The van der Waals surface area contributed by atoms with Gasteiger partial charge in [0, 0.05) is 44.2 Å². The minimum Gasteiger partial charge on any atom is -0.491 e. The Balaban J connectivity index is 1.42. The largest absolute Gasteiger partial charge is 0.491 e. The summed E-state index contributed by atoms with van der Waals surface area (Å²) in [6.07, 6.45) is 4.84. The summed E-state index contributed by atoms with van der Waals surface area (Å²) >= 11 is 0. The van der Waals surface area contributed by atoms with Crippen molar-refractivity contribution in [2.24, 2.45) is 0 Å². The zero-order valence-corrected chi connectivity index (χ0v) is 15.1. The molecule has 1 aromatic heterocycles. The quantitative estimate of drug-likeness (QED) is 0.827. The Morgan fingerprint density at radius 3 is 2.85 bits per heavy atom. The molecule has 2 heterocycles. The van der Waals surface area contributed by atoms with Gasteiger partial charge in [0.15, 0.2) is 0 Å². The van der Waals surface area contributed by atoms with Crippen LogP contribution in [0.15, 0.2) is 48.7 Å². The Kier molecular flexibility index (Phi) is 6.44. The van der Waals surface area contributed by atoms with E-state index in [0.29, 0.717) is 13.2 Å². The molecule has 1 atom stereocenters. The van der Waals surface area contributed by atoms with Crippen molar-refractivity contribution in [3.8, 4) is 5.75 Å². The molecule has 1 aliphatic heterocycles. The first-order valence-corrected chi connectivity index (χ1v) is 8.97. The number of carbonyl (C=O) groups is 1. The molecule has 6 heteroatoms. The van der Waals surface area contributed by atoms with Gasteiger partial charge in [-0.2, -0.15) is 0 Å². The summed E-state index contributed by atoms with van der Waals surface area (Å²) in [5, 5.41) is 2.89. The topological polar surface area (TPSA) is 63.7 Å². The SMILES string of the molecule is CN(CCc1ccccn1)C(=O)Nc1ccc(OC[C@@H]2CCCO2)cc1. The van der Waals surface area contributed by atoms with E-state index in [0.717, 1.165) is 43.0 Å². The second-order valence-corrected chi connectivity index (χ2v) is 6.39. The molecule has 1 saturated heterocycles. The highest BCUT2D eigenvalue weighted by Gasteiger charge is 2.16. The van der Waals surface area contributed by atoms with Gasteiger partial charge in [-0.05, 0) is 49.2 Å². The average molecular weight is 355 g/mol. The van der Waals surface area contributed by atoms with Crippen molar-refractivity contribution >= 4 is 11.7 Å². The summed E-state index contributed by atoms with van der Waals surface area (Å²) in [6, 6.07) is 13.1. The molecule has 6 nitrogen and oxygen atoms in total. The number of aromatic nitrogens is 1. The lowest BCUT2D eigenvalue weighted by atomic mass is 10.2. The predicted octanol–water partition coefficient (Wildman–Crippen LogP) is 3.35. The lowest BCUT2D eigenvalue weighted by Gasteiger charge is -2.18. The van der Waals surface area contributed by atoms with Gasteiger partial charge in [-0.3, -0.25) is 4.98 Å². The monoisotopic (exact) mass is 355 g/mol. The predicted molar refractivity (Wildman–Crippen MR) is 101 cm³/mol. The van der Waals surface area contributed by atoms with Crippen molar-refractivity contribution in [3.63, 3.8) is 0 Å². The van der Waals surface area contributed by atoms with Gasteiger partial charge in [0.05, 0.1) is 6.10 Å².